The molecular formula is C38H42FN3O4S. The highest BCUT2D eigenvalue weighted by molar-refractivity contribution is 7.92. The summed E-state index contributed by atoms with van der Waals surface area (Å²) in [5, 5.41) is 3.17. The molecule has 1 saturated carbocycles. The van der Waals surface area contributed by atoms with Gasteiger partial charge < -0.3 is 10.2 Å². The summed E-state index contributed by atoms with van der Waals surface area (Å²) >= 11 is 0. The molecular weight excluding hydrogens is 614 g/mol. The summed E-state index contributed by atoms with van der Waals surface area (Å²) in [6, 6.07) is 26.2. The van der Waals surface area contributed by atoms with Crippen LogP contribution in [-0.2, 0) is 32.6 Å². The van der Waals surface area contributed by atoms with Crippen molar-refractivity contribution in [2.24, 2.45) is 0 Å². The molecule has 1 N–H and O–H groups in total. The number of rotatable bonds is 12. The van der Waals surface area contributed by atoms with Crippen LogP contribution in [0.2, 0.25) is 0 Å². The van der Waals surface area contributed by atoms with Crippen LogP contribution < -0.4 is 9.62 Å². The zero-order valence-corrected chi connectivity index (χ0v) is 28.0. The van der Waals surface area contributed by atoms with E-state index in [0.29, 0.717) is 16.8 Å². The Morgan fingerprint density at radius 2 is 1.47 bits per heavy atom. The van der Waals surface area contributed by atoms with Crippen LogP contribution in [0.4, 0.5) is 10.1 Å². The molecule has 0 heterocycles. The number of benzene rings is 4. The lowest BCUT2D eigenvalue weighted by Gasteiger charge is -2.34. The second-order valence-electron chi connectivity index (χ2n) is 12.5. The summed E-state index contributed by atoms with van der Waals surface area (Å²) in [4.78, 5) is 30.2. The van der Waals surface area contributed by atoms with Crippen LogP contribution in [0.15, 0.2) is 102 Å². The Morgan fingerprint density at radius 1 is 0.830 bits per heavy atom. The van der Waals surface area contributed by atoms with Crippen molar-refractivity contribution < 1.29 is 22.4 Å². The maximum atomic E-state index is 14.6. The van der Waals surface area contributed by atoms with Crippen LogP contribution in [0.1, 0.15) is 53.5 Å². The van der Waals surface area contributed by atoms with Crippen molar-refractivity contribution in [3.05, 3.63) is 131 Å². The van der Waals surface area contributed by atoms with Gasteiger partial charge in [0.25, 0.3) is 10.0 Å². The maximum absolute atomic E-state index is 14.6. The molecule has 1 fully saturated rings. The number of anilines is 1. The third kappa shape index (κ3) is 8.46. The molecule has 4 aromatic rings. The maximum Gasteiger partial charge on any atom is 0.264 e. The molecule has 0 aliphatic heterocycles. The average Bonchev–Trinajstić information content (AvgIpc) is 3.56. The molecule has 0 spiro atoms. The van der Waals surface area contributed by atoms with Crippen LogP contribution in [-0.4, -0.2) is 43.8 Å². The van der Waals surface area contributed by atoms with Crippen molar-refractivity contribution >= 4 is 27.5 Å². The Kier molecular flexibility index (Phi) is 10.8. The van der Waals surface area contributed by atoms with Gasteiger partial charge in [-0.15, -0.1) is 0 Å². The summed E-state index contributed by atoms with van der Waals surface area (Å²) in [6.45, 7) is 5.05. The molecule has 5 rings (SSSR count). The number of hydrogen-bond acceptors (Lipinski definition) is 4. The van der Waals surface area contributed by atoms with Crippen molar-refractivity contribution in [3.8, 4) is 0 Å². The molecule has 1 aliphatic carbocycles. The van der Waals surface area contributed by atoms with Gasteiger partial charge in [0.15, 0.2) is 0 Å². The second-order valence-corrected chi connectivity index (χ2v) is 14.3. The molecule has 246 valence electrons. The smallest absolute Gasteiger partial charge is 0.264 e. The Morgan fingerprint density at radius 3 is 2.11 bits per heavy atom. The molecule has 0 bridgehead atoms. The highest BCUT2D eigenvalue weighted by Crippen LogP contribution is 2.29. The Balaban J connectivity index is 1.58. The highest BCUT2D eigenvalue weighted by Gasteiger charge is 2.36. The van der Waals surface area contributed by atoms with E-state index >= 15 is 0 Å². The van der Waals surface area contributed by atoms with Gasteiger partial charge >= 0.3 is 0 Å². The zero-order valence-electron chi connectivity index (χ0n) is 27.2. The van der Waals surface area contributed by atoms with Gasteiger partial charge in [0.1, 0.15) is 18.4 Å². The van der Waals surface area contributed by atoms with E-state index in [-0.39, 0.29) is 29.8 Å². The first-order valence-corrected chi connectivity index (χ1v) is 17.5. The molecule has 4 aromatic carbocycles. The summed E-state index contributed by atoms with van der Waals surface area (Å²) in [7, 11) is -4.20. The lowest BCUT2D eigenvalue weighted by Crippen LogP contribution is -2.54. The van der Waals surface area contributed by atoms with Gasteiger partial charge in [-0.1, -0.05) is 90.7 Å². The average molecular weight is 656 g/mol. The number of sulfonamides is 1. The van der Waals surface area contributed by atoms with Crippen molar-refractivity contribution in [3.63, 3.8) is 0 Å². The topological polar surface area (TPSA) is 86.8 Å². The van der Waals surface area contributed by atoms with E-state index in [4.69, 9.17) is 0 Å². The number of nitrogens with zero attached hydrogens (tertiary/aromatic N) is 2. The molecule has 0 unspecified atom stereocenters. The fraction of sp³-hybridized carbons (Fsp3) is 0.316. The van der Waals surface area contributed by atoms with E-state index in [1.54, 1.807) is 30.3 Å². The normalized spacial score (nSPS) is 14.0. The molecule has 7 nitrogen and oxygen atoms in total. The van der Waals surface area contributed by atoms with Crippen LogP contribution in [0.25, 0.3) is 0 Å². The van der Waals surface area contributed by atoms with Gasteiger partial charge in [0.05, 0.1) is 10.6 Å². The minimum Gasteiger partial charge on any atom is -0.352 e. The SMILES string of the molecule is Cc1ccc(S(=O)(=O)N(CC(=O)N(Cc2ccc(F)cc2)[C@@H](Cc2ccccc2)C(=O)NC2CCCC2)c2ccc(C)cc2C)cc1. The predicted octanol–water partition coefficient (Wildman–Crippen LogP) is 6.65. The molecule has 0 aromatic heterocycles. The standard InChI is InChI=1S/C38H42FN3O4S/c1-27-13-20-34(21-14-27)47(45,46)42(35-22-15-28(2)23-29(35)3)26-37(43)41(25-31-16-18-32(39)19-17-31)36(24-30-9-5-4-6-10-30)38(44)40-33-11-7-8-12-33/h4-6,9-10,13-23,33,36H,7-8,11-12,24-26H2,1-3H3,(H,40,44)/t36-/m0/s1. The molecule has 0 saturated heterocycles. The van der Waals surface area contributed by atoms with E-state index in [1.807, 2.05) is 63.2 Å². The van der Waals surface area contributed by atoms with Gasteiger partial charge in [0, 0.05) is 19.0 Å². The quantitative estimate of drug-likeness (QED) is 0.185. The van der Waals surface area contributed by atoms with Crippen molar-refractivity contribution in [1.29, 1.82) is 0 Å². The first-order valence-electron chi connectivity index (χ1n) is 16.1. The molecule has 47 heavy (non-hydrogen) atoms. The molecule has 1 aliphatic rings. The van der Waals surface area contributed by atoms with E-state index in [2.05, 4.69) is 5.32 Å². The highest BCUT2D eigenvalue weighted by atomic mass is 32.2. The largest absolute Gasteiger partial charge is 0.352 e. The van der Waals surface area contributed by atoms with Crippen molar-refractivity contribution in [1.82, 2.24) is 10.2 Å². The Hall–Kier alpha value is -4.50. The fourth-order valence-corrected chi connectivity index (χ4v) is 7.62. The zero-order chi connectivity index (χ0) is 33.6. The number of halogens is 1. The number of nitrogens with one attached hydrogen (secondary N) is 1. The first-order chi connectivity index (χ1) is 22.5. The Labute approximate surface area is 277 Å². The third-order valence-electron chi connectivity index (χ3n) is 8.75. The number of amides is 2. The van der Waals surface area contributed by atoms with E-state index < -0.39 is 34.3 Å². The van der Waals surface area contributed by atoms with Gasteiger partial charge in [0.2, 0.25) is 11.8 Å². The van der Waals surface area contributed by atoms with Gasteiger partial charge in [-0.3, -0.25) is 13.9 Å². The van der Waals surface area contributed by atoms with Crippen molar-refractivity contribution in [2.45, 2.75) is 76.4 Å². The lowest BCUT2D eigenvalue weighted by atomic mass is 10.0. The summed E-state index contributed by atoms with van der Waals surface area (Å²) in [5.74, 6) is -1.26. The monoisotopic (exact) mass is 655 g/mol. The van der Waals surface area contributed by atoms with Gasteiger partial charge in [-0.25, -0.2) is 12.8 Å². The van der Waals surface area contributed by atoms with Crippen molar-refractivity contribution in [2.75, 3.05) is 10.8 Å². The Bertz CT molecular complexity index is 1790. The van der Waals surface area contributed by atoms with Crippen LogP contribution in [0.5, 0.6) is 0 Å². The van der Waals surface area contributed by atoms with E-state index in [9.17, 15) is 22.4 Å². The second kappa shape index (κ2) is 14.9. The number of carbonyl (C=O) groups is 2. The number of hydrogen-bond donors (Lipinski definition) is 1. The van der Waals surface area contributed by atoms with Gasteiger partial charge in [-0.05, 0) is 80.6 Å². The molecule has 1 atom stereocenters. The van der Waals surface area contributed by atoms with E-state index in [0.717, 1.165) is 46.7 Å². The number of carbonyl (C=O) groups excluding carboxylic acids is 2. The minimum atomic E-state index is -4.20. The van der Waals surface area contributed by atoms with Crippen LogP contribution >= 0.6 is 0 Å². The van der Waals surface area contributed by atoms with Gasteiger partial charge in [-0.2, -0.15) is 0 Å². The third-order valence-corrected chi connectivity index (χ3v) is 10.5. The molecule has 9 heteroatoms. The molecule has 2 amide bonds. The van der Waals surface area contributed by atoms with E-state index in [1.165, 1.54) is 29.2 Å². The predicted molar refractivity (Wildman–Crippen MR) is 183 cm³/mol. The van der Waals surface area contributed by atoms with Crippen LogP contribution in [0, 0.1) is 26.6 Å². The molecule has 0 radical (unpaired) electrons. The van der Waals surface area contributed by atoms with Crippen LogP contribution in [0.3, 0.4) is 0 Å². The summed E-state index contributed by atoms with van der Waals surface area (Å²) < 4.78 is 43.6. The lowest BCUT2D eigenvalue weighted by molar-refractivity contribution is -0.140. The fourth-order valence-electron chi connectivity index (χ4n) is 6.14. The summed E-state index contributed by atoms with van der Waals surface area (Å²) in [5.41, 5.74) is 4.40. The first kappa shape index (κ1) is 33.9. The number of aryl methyl sites for hydroxylation is 3. The minimum absolute atomic E-state index is 0.0113. The summed E-state index contributed by atoms with van der Waals surface area (Å²) in [6.07, 6.45) is 4.00.